The van der Waals surface area contributed by atoms with E-state index in [1.54, 1.807) is 7.05 Å². The molecule has 0 spiro atoms. The summed E-state index contributed by atoms with van der Waals surface area (Å²) in [6, 6.07) is 0. The number of carbonyl (C=O) groups excluding carboxylic acids is 2. The number of alkyl carbamates (subject to hydrolysis) is 1. The molecule has 0 saturated carbocycles. The zero-order valence-electron chi connectivity index (χ0n) is 10.9. The number of hydrogen-bond donors (Lipinski definition) is 2. The van der Waals surface area contributed by atoms with Crippen molar-refractivity contribution in [2.24, 2.45) is 0 Å². The number of hydrogen-bond acceptors (Lipinski definition) is 3. The van der Waals surface area contributed by atoms with Crippen molar-refractivity contribution in [2.45, 2.75) is 46.1 Å². The highest BCUT2D eigenvalue weighted by Crippen LogP contribution is 2.06. The fourth-order valence-corrected chi connectivity index (χ4v) is 0.681. The summed E-state index contributed by atoms with van der Waals surface area (Å²) in [6.45, 7) is 8.34. The minimum atomic E-state index is -0.393. The Morgan fingerprint density at radius 3 is 2.19 bits per heavy atom. The van der Waals surface area contributed by atoms with E-state index in [0.29, 0.717) is 13.0 Å². The van der Waals surface area contributed by atoms with Crippen LogP contribution in [0.4, 0.5) is 4.79 Å². The van der Waals surface area contributed by atoms with E-state index >= 15 is 0 Å². The Balaban J connectivity index is 0. The van der Waals surface area contributed by atoms with Crippen LogP contribution in [0.25, 0.3) is 0 Å². The van der Waals surface area contributed by atoms with Gasteiger partial charge in [-0.15, -0.1) is 0 Å². The van der Waals surface area contributed by atoms with Crippen molar-refractivity contribution in [1.29, 1.82) is 0 Å². The van der Waals surface area contributed by atoms with Gasteiger partial charge in [-0.1, -0.05) is 13.3 Å². The van der Waals surface area contributed by atoms with Gasteiger partial charge < -0.3 is 15.4 Å². The van der Waals surface area contributed by atoms with E-state index < -0.39 is 5.60 Å². The van der Waals surface area contributed by atoms with Crippen molar-refractivity contribution < 1.29 is 14.3 Å². The molecule has 0 aliphatic carbocycles. The molecule has 2 amide bonds. The highest BCUT2D eigenvalue weighted by atomic mass is 16.6. The molecule has 2 N–H and O–H groups in total. The van der Waals surface area contributed by atoms with Crippen LogP contribution in [0.5, 0.6) is 0 Å². The summed E-state index contributed by atoms with van der Waals surface area (Å²) in [7, 11) is 1.56. The molecule has 0 aromatic rings. The first kappa shape index (κ1) is 17.1. The molecule has 0 bridgehead atoms. The third-order valence-corrected chi connectivity index (χ3v) is 1.32. The molecule has 0 heterocycles. The van der Waals surface area contributed by atoms with Crippen LogP contribution in [0.1, 0.15) is 40.5 Å². The maximum absolute atomic E-state index is 11.0. The first-order chi connectivity index (χ1) is 7.37. The normalized spacial score (nSPS) is 9.56. The first-order valence-electron chi connectivity index (χ1n) is 5.45. The van der Waals surface area contributed by atoms with Crippen LogP contribution in [-0.2, 0) is 9.53 Å². The van der Waals surface area contributed by atoms with Crippen molar-refractivity contribution >= 4 is 12.5 Å². The predicted octanol–water partition coefficient (Wildman–Crippen LogP) is 1.67. The van der Waals surface area contributed by atoms with Gasteiger partial charge in [-0.25, -0.2) is 4.79 Å². The molecular weight excluding hydrogens is 208 g/mol. The summed E-state index contributed by atoms with van der Waals surface area (Å²) < 4.78 is 5.03. The number of amides is 2. The van der Waals surface area contributed by atoms with Crippen LogP contribution in [0.2, 0.25) is 0 Å². The largest absolute Gasteiger partial charge is 0.444 e. The number of ether oxygens (including phenoxy) is 1. The quantitative estimate of drug-likeness (QED) is 0.572. The fourth-order valence-electron chi connectivity index (χ4n) is 0.681. The molecular formula is C11H24N2O3. The minimum Gasteiger partial charge on any atom is -0.444 e. The predicted molar refractivity (Wildman–Crippen MR) is 64.3 cm³/mol. The summed E-state index contributed by atoms with van der Waals surface area (Å²) in [4.78, 5) is 20.1. The molecule has 5 nitrogen and oxygen atoms in total. The van der Waals surface area contributed by atoms with E-state index in [2.05, 4.69) is 17.6 Å². The van der Waals surface area contributed by atoms with Gasteiger partial charge in [0, 0.05) is 13.6 Å². The Labute approximate surface area is 97.9 Å². The van der Waals surface area contributed by atoms with Crippen molar-refractivity contribution in [3.63, 3.8) is 0 Å². The maximum Gasteiger partial charge on any atom is 0.407 e. The summed E-state index contributed by atoms with van der Waals surface area (Å²) in [5.41, 5.74) is -0.393. The van der Waals surface area contributed by atoms with Crippen LogP contribution in [0.3, 0.4) is 0 Å². The van der Waals surface area contributed by atoms with Crippen LogP contribution < -0.4 is 10.6 Å². The Kier molecular flexibility index (Phi) is 11.0. The highest BCUT2D eigenvalue weighted by molar-refractivity contribution is 5.67. The van der Waals surface area contributed by atoms with Gasteiger partial charge >= 0.3 is 6.09 Å². The van der Waals surface area contributed by atoms with Gasteiger partial charge in [0.25, 0.3) is 0 Å². The van der Waals surface area contributed by atoms with Gasteiger partial charge in [0.2, 0.25) is 6.41 Å². The zero-order chi connectivity index (χ0) is 13.0. The topological polar surface area (TPSA) is 67.4 Å². The summed E-state index contributed by atoms with van der Waals surface area (Å²) in [5, 5.41) is 4.93. The van der Waals surface area contributed by atoms with Crippen LogP contribution in [0, 0.1) is 0 Å². The Morgan fingerprint density at radius 1 is 1.38 bits per heavy atom. The SMILES string of the molecule is CCCCNC(=O)OC(C)(C)C.CNC=O. The second kappa shape index (κ2) is 10.3. The zero-order valence-corrected chi connectivity index (χ0v) is 10.9. The minimum absolute atomic E-state index is 0.323. The molecule has 0 aliphatic heterocycles. The summed E-state index contributed by atoms with van der Waals surface area (Å²) >= 11 is 0. The number of unbranched alkanes of at least 4 members (excludes halogenated alkanes) is 1. The molecule has 0 aliphatic rings. The van der Waals surface area contributed by atoms with Crippen molar-refractivity contribution in [3.05, 3.63) is 0 Å². The third kappa shape index (κ3) is 18.5. The number of carbonyl (C=O) groups is 2. The van der Waals surface area contributed by atoms with Gasteiger partial charge in [0.05, 0.1) is 0 Å². The maximum atomic E-state index is 11.0. The van der Waals surface area contributed by atoms with Gasteiger partial charge in [0.15, 0.2) is 0 Å². The Bertz CT molecular complexity index is 188. The Hall–Kier alpha value is -1.26. The van der Waals surface area contributed by atoms with E-state index in [9.17, 15) is 4.79 Å². The van der Waals surface area contributed by atoms with Gasteiger partial charge in [0.1, 0.15) is 5.60 Å². The van der Waals surface area contributed by atoms with Crippen LogP contribution in [-0.4, -0.2) is 31.7 Å². The lowest BCUT2D eigenvalue weighted by molar-refractivity contribution is -0.109. The third-order valence-electron chi connectivity index (χ3n) is 1.32. The van der Waals surface area contributed by atoms with Gasteiger partial charge in [-0.3, -0.25) is 4.79 Å². The molecule has 0 radical (unpaired) electrons. The lowest BCUT2D eigenvalue weighted by Crippen LogP contribution is -2.32. The highest BCUT2D eigenvalue weighted by Gasteiger charge is 2.14. The van der Waals surface area contributed by atoms with Crippen LogP contribution >= 0.6 is 0 Å². The molecule has 0 unspecified atom stereocenters. The average Bonchev–Trinajstić information content (AvgIpc) is 2.16. The van der Waals surface area contributed by atoms with E-state index in [4.69, 9.17) is 9.53 Å². The van der Waals surface area contributed by atoms with Crippen LogP contribution in [0.15, 0.2) is 0 Å². The summed E-state index contributed by atoms with van der Waals surface area (Å²) in [5.74, 6) is 0. The lowest BCUT2D eigenvalue weighted by Gasteiger charge is -2.19. The smallest absolute Gasteiger partial charge is 0.407 e. The molecule has 5 heteroatoms. The first-order valence-corrected chi connectivity index (χ1v) is 5.45. The molecule has 0 aromatic carbocycles. The van der Waals surface area contributed by atoms with E-state index in [1.165, 1.54) is 0 Å². The molecule has 0 fully saturated rings. The van der Waals surface area contributed by atoms with E-state index in [-0.39, 0.29) is 6.09 Å². The van der Waals surface area contributed by atoms with E-state index in [1.807, 2.05) is 20.8 Å². The molecule has 0 aromatic heterocycles. The second-order valence-electron chi connectivity index (χ2n) is 4.19. The van der Waals surface area contributed by atoms with Gasteiger partial charge in [-0.05, 0) is 27.2 Å². The molecule has 96 valence electrons. The standard InChI is InChI=1S/C9H19NO2.C2H5NO/c1-5-6-7-10-8(11)12-9(2,3)4;1-3-2-4/h5-7H2,1-4H3,(H,10,11);2H,1H3,(H,3,4). The lowest BCUT2D eigenvalue weighted by atomic mass is 10.2. The van der Waals surface area contributed by atoms with Crippen molar-refractivity contribution in [1.82, 2.24) is 10.6 Å². The Morgan fingerprint density at radius 2 is 1.88 bits per heavy atom. The number of rotatable bonds is 4. The molecule has 16 heavy (non-hydrogen) atoms. The van der Waals surface area contributed by atoms with Crippen molar-refractivity contribution in [2.75, 3.05) is 13.6 Å². The molecule has 0 rings (SSSR count). The second-order valence-corrected chi connectivity index (χ2v) is 4.19. The molecule has 0 atom stereocenters. The summed E-state index contributed by atoms with van der Waals surface area (Å²) in [6.07, 6.45) is 2.38. The fraction of sp³-hybridized carbons (Fsp3) is 0.818. The van der Waals surface area contributed by atoms with Crippen molar-refractivity contribution in [3.8, 4) is 0 Å². The number of nitrogens with one attached hydrogen (secondary N) is 2. The monoisotopic (exact) mass is 232 g/mol. The molecule has 0 saturated heterocycles. The average molecular weight is 232 g/mol. The van der Waals surface area contributed by atoms with Gasteiger partial charge in [-0.2, -0.15) is 0 Å². The van der Waals surface area contributed by atoms with E-state index in [0.717, 1.165) is 12.8 Å².